The van der Waals surface area contributed by atoms with E-state index in [0.717, 1.165) is 75.6 Å². The van der Waals surface area contributed by atoms with Gasteiger partial charge in [-0.25, -0.2) is 0 Å². The number of aryl methyl sites for hydroxylation is 3. The van der Waals surface area contributed by atoms with E-state index in [9.17, 15) is 4.79 Å². The molecular formula is C21H31N5O3. The number of ether oxygens (including phenoxy) is 1. The lowest BCUT2D eigenvalue weighted by molar-refractivity contribution is -0.133. The monoisotopic (exact) mass is 401 g/mol. The normalized spacial score (nSPS) is 20.9. The van der Waals surface area contributed by atoms with E-state index in [-0.39, 0.29) is 5.91 Å². The fourth-order valence-corrected chi connectivity index (χ4v) is 4.44. The lowest BCUT2D eigenvalue weighted by Gasteiger charge is -2.32. The number of piperidine rings is 1. The van der Waals surface area contributed by atoms with Crippen LogP contribution >= 0.6 is 0 Å². The molecule has 158 valence electrons. The molecule has 4 heterocycles. The first kappa shape index (κ1) is 20.1. The van der Waals surface area contributed by atoms with Crippen LogP contribution in [-0.4, -0.2) is 57.0 Å². The molecule has 2 aliphatic rings. The van der Waals surface area contributed by atoms with Crippen LogP contribution < -0.4 is 0 Å². The Balaban J connectivity index is 1.28. The van der Waals surface area contributed by atoms with Crippen molar-refractivity contribution in [3.63, 3.8) is 0 Å². The number of carbonyl (C=O) groups is 1. The van der Waals surface area contributed by atoms with Crippen LogP contribution in [0.2, 0.25) is 0 Å². The van der Waals surface area contributed by atoms with Crippen LogP contribution in [0, 0.1) is 19.8 Å². The summed E-state index contributed by atoms with van der Waals surface area (Å²) in [5.41, 5.74) is 2.09. The van der Waals surface area contributed by atoms with Crippen molar-refractivity contribution in [1.82, 2.24) is 24.8 Å². The van der Waals surface area contributed by atoms with Crippen molar-refractivity contribution in [2.45, 2.75) is 64.8 Å². The van der Waals surface area contributed by atoms with Crippen molar-refractivity contribution in [1.29, 1.82) is 0 Å². The molecule has 4 rings (SSSR count). The Morgan fingerprint density at radius 3 is 2.83 bits per heavy atom. The molecule has 0 radical (unpaired) electrons. The van der Waals surface area contributed by atoms with E-state index < -0.39 is 0 Å². The standard InChI is InChI=1S/C21H31N5O3/c1-15-12-16(2)26(23-15)9-5-20(27)25-8-3-4-17(14-25)13-19-22-21(24-29-19)18-6-10-28-11-7-18/h12,17-18H,3-11,13-14H2,1-2H3. The summed E-state index contributed by atoms with van der Waals surface area (Å²) in [5, 5.41) is 8.65. The number of carbonyl (C=O) groups excluding carboxylic acids is 1. The predicted molar refractivity (Wildman–Crippen MR) is 106 cm³/mol. The van der Waals surface area contributed by atoms with Gasteiger partial charge in [0.1, 0.15) is 0 Å². The quantitative estimate of drug-likeness (QED) is 0.740. The van der Waals surface area contributed by atoms with Crippen LogP contribution in [0.1, 0.15) is 61.1 Å². The first-order chi connectivity index (χ1) is 14.1. The molecule has 2 aromatic heterocycles. The molecule has 1 unspecified atom stereocenters. The zero-order valence-electron chi connectivity index (χ0n) is 17.5. The maximum atomic E-state index is 12.7. The number of hydrogen-bond acceptors (Lipinski definition) is 6. The number of nitrogens with zero attached hydrogens (tertiary/aromatic N) is 5. The summed E-state index contributed by atoms with van der Waals surface area (Å²) in [6.07, 6.45) is 5.27. The zero-order valence-corrected chi connectivity index (χ0v) is 17.5. The Bertz CT molecular complexity index is 824. The van der Waals surface area contributed by atoms with Crippen molar-refractivity contribution in [3.05, 3.63) is 29.2 Å². The molecule has 0 saturated carbocycles. The predicted octanol–water partition coefficient (Wildman–Crippen LogP) is 2.65. The highest BCUT2D eigenvalue weighted by Crippen LogP contribution is 2.26. The molecule has 0 spiro atoms. The number of likely N-dealkylation sites (tertiary alicyclic amines) is 1. The molecule has 2 aromatic rings. The largest absolute Gasteiger partial charge is 0.381 e. The second-order valence-corrected chi connectivity index (χ2v) is 8.39. The molecule has 0 aliphatic carbocycles. The smallest absolute Gasteiger partial charge is 0.226 e. The van der Waals surface area contributed by atoms with Gasteiger partial charge in [0.25, 0.3) is 0 Å². The Morgan fingerprint density at radius 2 is 2.07 bits per heavy atom. The highest BCUT2D eigenvalue weighted by molar-refractivity contribution is 5.76. The van der Waals surface area contributed by atoms with Gasteiger partial charge in [0.05, 0.1) is 5.69 Å². The molecule has 8 nitrogen and oxygen atoms in total. The minimum absolute atomic E-state index is 0.204. The van der Waals surface area contributed by atoms with E-state index in [0.29, 0.717) is 30.7 Å². The lowest BCUT2D eigenvalue weighted by atomic mass is 9.94. The lowest BCUT2D eigenvalue weighted by Crippen LogP contribution is -2.40. The van der Waals surface area contributed by atoms with Crippen LogP contribution in [0.25, 0.3) is 0 Å². The third kappa shape index (κ3) is 5.04. The molecule has 8 heteroatoms. The maximum Gasteiger partial charge on any atom is 0.226 e. The van der Waals surface area contributed by atoms with Crippen LogP contribution in [0.3, 0.4) is 0 Å². The van der Waals surface area contributed by atoms with Crippen LogP contribution in [0.5, 0.6) is 0 Å². The van der Waals surface area contributed by atoms with E-state index in [1.54, 1.807) is 0 Å². The summed E-state index contributed by atoms with van der Waals surface area (Å²) in [4.78, 5) is 19.4. The molecule has 29 heavy (non-hydrogen) atoms. The third-order valence-electron chi connectivity index (χ3n) is 6.05. The number of amides is 1. The Hall–Kier alpha value is -2.22. The topological polar surface area (TPSA) is 86.3 Å². The zero-order chi connectivity index (χ0) is 20.2. The molecule has 2 aliphatic heterocycles. The Labute approximate surface area is 171 Å². The fraction of sp³-hybridized carbons (Fsp3) is 0.714. The summed E-state index contributed by atoms with van der Waals surface area (Å²) < 4.78 is 12.9. The van der Waals surface area contributed by atoms with Gasteiger partial charge in [0.2, 0.25) is 11.8 Å². The summed E-state index contributed by atoms with van der Waals surface area (Å²) in [6, 6.07) is 2.04. The number of hydrogen-bond donors (Lipinski definition) is 0. The average molecular weight is 402 g/mol. The second kappa shape index (κ2) is 9.07. The van der Waals surface area contributed by atoms with E-state index in [4.69, 9.17) is 9.26 Å². The van der Waals surface area contributed by atoms with Gasteiger partial charge in [-0.05, 0) is 51.5 Å². The minimum Gasteiger partial charge on any atom is -0.381 e. The van der Waals surface area contributed by atoms with Crippen molar-refractivity contribution in [2.24, 2.45) is 5.92 Å². The van der Waals surface area contributed by atoms with Crippen LogP contribution in [0.15, 0.2) is 10.6 Å². The fourth-order valence-electron chi connectivity index (χ4n) is 4.44. The Morgan fingerprint density at radius 1 is 1.24 bits per heavy atom. The molecule has 2 saturated heterocycles. The van der Waals surface area contributed by atoms with Gasteiger partial charge >= 0.3 is 0 Å². The van der Waals surface area contributed by atoms with Gasteiger partial charge in [0, 0.05) is 57.3 Å². The van der Waals surface area contributed by atoms with Crippen LogP contribution in [0.4, 0.5) is 0 Å². The van der Waals surface area contributed by atoms with Gasteiger partial charge in [-0.1, -0.05) is 5.16 Å². The molecular weight excluding hydrogens is 370 g/mol. The van der Waals surface area contributed by atoms with E-state index in [1.165, 1.54) is 0 Å². The summed E-state index contributed by atoms with van der Waals surface area (Å²) in [5.74, 6) is 2.45. The van der Waals surface area contributed by atoms with Crippen LogP contribution in [-0.2, 0) is 22.5 Å². The van der Waals surface area contributed by atoms with Crippen molar-refractivity contribution < 1.29 is 14.1 Å². The second-order valence-electron chi connectivity index (χ2n) is 8.39. The molecule has 1 atom stereocenters. The highest BCUT2D eigenvalue weighted by atomic mass is 16.5. The summed E-state index contributed by atoms with van der Waals surface area (Å²) >= 11 is 0. The average Bonchev–Trinajstić information content (AvgIpc) is 3.32. The van der Waals surface area contributed by atoms with E-state index in [1.807, 2.05) is 29.5 Å². The van der Waals surface area contributed by atoms with E-state index in [2.05, 4.69) is 15.2 Å². The highest BCUT2D eigenvalue weighted by Gasteiger charge is 2.27. The minimum atomic E-state index is 0.204. The molecule has 0 bridgehead atoms. The van der Waals surface area contributed by atoms with Gasteiger partial charge in [-0.15, -0.1) is 0 Å². The molecule has 0 N–H and O–H groups in total. The van der Waals surface area contributed by atoms with Crippen molar-refractivity contribution >= 4 is 5.91 Å². The third-order valence-corrected chi connectivity index (χ3v) is 6.05. The van der Waals surface area contributed by atoms with Gasteiger partial charge in [-0.3, -0.25) is 9.48 Å². The van der Waals surface area contributed by atoms with Crippen molar-refractivity contribution in [2.75, 3.05) is 26.3 Å². The van der Waals surface area contributed by atoms with Gasteiger partial charge in [-0.2, -0.15) is 10.1 Å². The molecule has 0 aromatic carbocycles. The van der Waals surface area contributed by atoms with Gasteiger partial charge < -0.3 is 14.2 Å². The van der Waals surface area contributed by atoms with Crippen molar-refractivity contribution in [3.8, 4) is 0 Å². The SMILES string of the molecule is Cc1cc(C)n(CCC(=O)N2CCCC(Cc3nc(C4CCOCC4)no3)C2)n1. The molecule has 2 fully saturated rings. The number of rotatable bonds is 6. The van der Waals surface area contributed by atoms with Gasteiger partial charge in [0.15, 0.2) is 5.82 Å². The first-order valence-electron chi connectivity index (χ1n) is 10.8. The van der Waals surface area contributed by atoms with E-state index >= 15 is 0 Å². The number of aromatic nitrogens is 4. The molecule has 1 amide bonds. The summed E-state index contributed by atoms with van der Waals surface area (Å²) in [7, 11) is 0. The first-order valence-corrected chi connectivity index (χ1v) is 10.8. The maximum absolute atomic E-state index is 12.7. The summed E-state index contributed by atoms with van der Waals surface area (Å²) in [6.45, 7) is 7.79. The Kier molecular flexibility index (Phi) is 6.28.